The quantitative estimate of drug-likeness (QED) is 0.662. The molecule has 0 fully saturated rings. The molecule has 0 spiro atoms. The van der Waals surface area contributed by atoms with E-state index >= 15 is 0 Å². The Kier molecular flexibility index (Phi) is 5.94. The maximum atomic E-state index is 12.5. The van der Waals surface area contributed by atoms with Crippen molar-refractivity contribution in [2.75, 3.05) is 13.2 Å². The number of halogens is 1. The lowest BCUT2D eigenvalue weighted by molar-refractivity contribution is -0.132. The van der Waals surface area contributed by atoms with E-state index in [9.17, 15) is 4.79 Å². The molecule has 1 amide bonds. The second-order valence-electron chi connectivity index (χ2n) is 8.16. The van der Waals surface area contributed by atoms with Crippen LogP contribution in [0.4, 0.5) is 0 Å². The van der Waals surface area contributed by atoms with Crippen molar-refractivity contribution in [1.82, 2.24) is 14.5 Å². The Balaban J connectivity index is 1.47. The van der Waals surface area contributed by atoms with Crippen molar-refractivity contribution in [1.29, 1.82) is 0 Å². The Bertz CT molecular complexity index is 823. The molecule has 0 bridgehead atoms. The van der Waals surface area contributed by atoms with Crippen molar-refractivity contribution in [2.24, 2.45) is 7.05 Å². The monoisotopic (exact) mass is 433 g/mol. The van der Waals surface area contributed by atoms with Gasteiger partial charge >= 0.3 is 0 Å². The summed E-state index contributed by atoms with van der Waals surface area (Å²) >= 11 is 3.59. The Morgan fingerprint density at radius 1 is 1.33 bits per heavy atom. The van der Waals surface area contributed by atoms with E-state index in [0.29, 0.717) is 26.0 Å². The largest absolute Gasteiger partial charge is 0.492 e. The van der Waals surface area contributed by atoms with Gasteiger partial charge < -0.3 is 14.2 Å². The summed E-state index contributed by atoms with van der Waals surface area (Å²) in [5.74, 6) is 1.01. The van der Waals surface area contributed by atoms with Gasteiger partial charge in [-0.15, -0.1) is 0 Å². The van der Waals surface area contributed by atoms with E-state index in [4.69, 9.17) is 4.74 Å². The number of hydrogen-bond acceptors (Lipinski definition) is 3. The molecular weight excluding hydrogens is 406 g/mol. The number of rotatable bonds is 5. The Morgan fingerprint density at radius 2 is 2.11 bits per heavy atom. The molecule has 0 radical (unpaired) electrons. The molecule has 1 aromatic carbocycles. The topological polar surface area (TPSA) is 47.4 Å². The minimum absolute atomic E-state index is 0.107. The van der Waals surface area contributed by atoms with Gasteiger partial charge in [-0.2, -0.15) is 0 Å². The van der Waals surface area contributed by atoms with Crippen molar-refractivity contribution < 1.29 is 9.53 Å². The van der Waals surface area contributed by atoms with Gasteiger partial charge in [0, 0.05) is 26.4 Å². The third-order valence-corrected chi connectivity index (χ3v) is 5.67. The highest BCUT2D eigenvalue weighted by molar-refractivity contribution is 9.10. The third kappa shape index (κ3) is 4.72. The van der Waals surface area contributed by atoms with Crippen LogP contribution in [-0.2, 0) is 30.2 Å². The number of ether oxygens (including phenoxy) is 1. The fourth-order valence-corrected chi connectivity index (χ4v) is 3.77. The average Bonchev–Trinajstić information content (AvgIpc) is 2.99. The number of aromatic nitrogens is 2. The van der Waals surface area contributed by atoms with E-state index in [1.165, 1.54) is 5.56 Å². The minimum Gasteiger partial charge on any atom is -0.492 e. The first kappa shape index (κ1) is 19.9. The van der Waals surface area contributed by atoms with E-state index in [-0.39, 0.29) is 11.3 Å². The van der Waals surface area contributed by atoms with Crippen molar-refractivity contribution in [3.8, 4) is 5.75 Å². The van der Waals surface area contributed by atoms with Gasteiger partial charge in [0.05, 0.1) is 35.3 Å². The third-order valence-electron chi connectivity index (χ3n) is 5.05. The number of fused-ring (bicyclic) bond motifs is 1. The van der Waals surface area contributed by atoms with Crippen LogP contribution in [0.25, 0.3) is 0 Å². The number of carbonyl (C=O) groups excluding carboxylic acids is 1. The molecular formula is C21H28BrN3O2. The molecule has 146 valence electrons. The van der Waals surface area contributed by atoms with Gasteiger partial charge in [-0.3, -0.25) is 4.79 Å². The number of nitrogens with zero attached hydrogens (tertiary/aromatic N) is 3. The summed E-state index contributed by atoms with van der Waals surface area (Å²) in [4.78, 5) is 18.8. The second-order valence-corrected chi connectivity index (χ2v) is 9.02. The summed E-state index contributed by atoms with van der Waals surface area (Å²) in [5.41, 5.74) is 3.63. The summed E-state index contributed by atoms with van der Waals surface area (Å²) in [6.45, 7) is 8.51. The fraction of sp³-hybridized carbons (Fsp3) is 0.524. The molecule has 1 aliphatic rings. The molecule has 0 unspecified atom stereocenters. The molecule has 1 aliphatic heterocycles. The Labute approximate surface area is 169 Å². The molecule has 0 saturated heterocycles. The van der Waals surface area contributed by atoms with Gasteiger partial charge in [-0.25, -0.2) is 4.98 Å². The molecule has 0 N–H and O–H groups in total. The SMILES string of the molecule is Cn1cnc2c1CN(C(=O)CCCOc1ccc(C(C)(C)C)cc1Br)CC2. The van der Waals surface area contributed by atoms with Gasteiger partial charge in [0.2, 0.25) is 5.91 Å². The highest BCUT2D eigenvalue weighted by Gasteiger charge is 2.23. The predicted octanol–water partition coefficient (Wildman–Crippen LogP) is 4.22. The van der Waals surface area contributed by atoms with E-state index in [0.717, 1.165) is 34.6 Å². The van der Waals surface area contributed by atoms with Crippen molar-refractivity contribution in [2.45, 2.75) is 52.0 Å². The Morgan fingerprint density at radius 3 is 2.81 bits per heavy atom. The van der Waals surface area contributed by atoms with Crippen LogP contribution in [-0.4, -0.2) is 33.5 Å². The molecule has 0 atom stereocenters. The second kappa shape index (κ2) is 8.05. The highest BCUT2D eigenvalue weighted by atomic mass is 79.9. The summed E-state index contributed by atoms with van der Waals surface area (Å²) < 4.78 is 8.84. The molecule has 0 saturated carbocycles. The number of hydrogen-bond donors (Lipinski definition) is 0. The van der Waals surface area contributed by atoms with E-state index in [1.807, 2.05) is 28.9 Å². The van der Waals surface area contributed by atoms with Crippen molar-refractivity contribution in [3.63, 3.8) is 0 Å². The number of amides is 1. The van der Waals surface area contributed by atoms with E-state index < -0.39 is 0 Å². The zero-order valence-electron chi connectivity index (χ0n) is 16.6. The van der Waals surface area contributed by atoms with Crippen LogP contribution in [0, 0.1) is 0 Å². The van der Waals surface area contributed by atoms with Crippen LogP contribution < -0.4 is 4.74 Å². The lowest BCUT2D eigenvalue weighted by Gasteiger charge is -2.27. The van der Waals surface area contributed by atoms with Gasteiger partial charge in [0.25, 0.3) is 0 Å². The van der Waals surface area contributed by atoms with E-state index in [2.05, 4.69) is 53.8 Å². The number of imidazole rings is 1. The maximum absolute atomic E-state index is 12.5. The van der Waals surface area contributed by atoms with Crippen LogP contribution in [0.5, 0.6) is 5.75 Å². The first-order chi connectivity index (χ1) is 12.8. The molecule has 5 nitrogen and oxygen atoms in total. The molecule has 6 heteroatoms. The zero-order chi connectivity index (χ0) is 19.6. The summed E-state index contributed by atoms with van der Waals surface area (Å²) in [6, 6.07) is 6.21. The average molecular weight is 434 g/mol. The van der Waals surface area contributed by atoms with Gasteiger partial charge in [0.1, 0.15) is 5.75 Å². The van der Waals surface area contributed by atoms with Gasteiger partial charge in [-0.05, 0) is 45.5 Å². The summed E-state index contributed by atoms with van der Waals surface area (Å²) in [5, 5.41) is 0. The van der Waals surface area contributed by atoms with Gasteiger partial charge in [0.15, 0.2) is 0 Å². The lowest BCUT2D eigenvalue weighted by atomic mass is 9.87. The molecule has 1 aromatic heterocycles. The number of aryl methyl sites for hydroxylation is 1. The van der Waals surface area contributed by atoms with Crippen LogP contribution in [0.1, 0.15) is 50.6 Å². The smallest absolute Gasteiger partial charge is 0.223 e. The first-order valence-corrected chi connectivity index (χ1v) is 10.2. The molecule has 2 aromatic rings. The molecule has 3 rings (SSSR count). The van der Waals surface area contributed by atoms with Crippen LogP contribution in [0.2, 0.25) is 0 Å². The minimum atomic E-state index is 0.107. The molecule has 2 heterocycles. The van der Waals surface area contributed by atoms with E-state index in [1.54, 1.807) is 0 Å². The summed E-state index contributed by atoms with van der Waals surface area (Å²) in [7, 11) is 1.98. The first-order valence-electron chi connectivity index (χ1n) is 9.45. The lowest BCUT2D eigenvalue weighted by Crippen LogP contribution is -2.36. The van der Waals surface area contributed by atoms with Gasteiger partial charge in [-0.1, -0.05) is 26.8 Å². The zero-order valence-corrected chi connectivity index (χ0v) is 18.2. The fourth-order valence-electron chi connectivity index (χ4n) is 3.28. The summed E-state index contributed by atoms with van der Waals surface area (Å²) in [6.07, 6.45) is 3.88. The van der Waals surface area contributed by atoms with Crippen LogP contribution in [0.15, 0.2) is 29.0 Å². The predicted molar refractivity (Wildman–Crippen MR) is 110 cm³/mol. The van der Waals surface area contributed by atoms with Crippen molar-refractivity contribution in [3.05, 3.63) is 46.0 Å². The number of carbonyl (C=O) groups is 1. The highest BCUT2D eigenvalue weighted by Crippen LogP contribution is 2.31. The Hall–Kier alpha value is -1.82. The maximum Gasteiger partial charge on any atom is 0.223 e. The standard InChI is InChI=1S/C21H28BrN3O2/c1-21(2,3)15-7-8-19(16(22)12-15)27-11-5-6-20(26)25-10-9-17-18(13-25)24(4)14-23-17/h7-8,12,14H,5-6,9-11,13H2,1-4H3. The normalized spacial score (nSPS) is 14.2. The molecule has 0 aliphatic carbocycles. The van der Waals surface area contributed by atoms with Crippen LogP contribution in [0.3, 0.4) is 0 Å². The van der Waals surface area contributed by atoms with Crippen molar-refractivity contribution >= 4 is 21.8 Å². The number of benzene rings is 1. The molecule has 27 heavy (non-hydrogen) atoms. The van der Waals surface area contributed by atoms with Crippen LogP contribution >= 0.6 is 15.9 Å².